The summed E-state index contributed by atoms with van der Waals surface area (Å²) in [6.07, 6.45) is 2.76. The number of benzene rings is 1. The fourth-order valence-corrected chi connectivity index (χ4v) is 2.85. The molecule has 26 heavy (non-hydrogen) atoms. The van der Waals surface area contributed by atoms with Crippen molar-refractivity contribution < 1.29 is 28.6 Å². The molecule has 7 nitrogen and oxygen atoms in total. The van der Waals surface area contributed by atoms with Gasteiger partial charge in [0.2, 0.25) is 0 Å². The number of hydrogen-bond acceptors (Lipinski definition) is 6. The standard InChI is InChI=1S/C19H23NO6/c1-3-12-25-17(22)19(11-5-4-6-16(19)21)13-20-18(23)26-15-9-7-14(24-2)8-10-15/h3,7-10H,1,4-6,11-13H2,2H3,(H,20,23). The monoisotopic (exact) mass is 361 g/mol. The summed E-state index contributed by atoms with van der Waals surface area (Å²) in [7, 11) is 1.54. The van der Waals surface area contributed by atoms with E-state index in [1.165, 1.54) is 13.2 Å². The number of amides is 1. The zero-order valence-corrected chi connectivity index (χ0v) is 14.8. The van der Waals surface area contributed by atoms with Gasteiger partial charge in [-0.15, -0.1) is 0 Å². The highest BCUT2D eigenvalue weighted by molar-refractivity contribution is 6.05. The summed E-state index contributed by atoms with van der Waals surface area (Å²) in [5.74, 6) is 0.102. The van der Waals surface area contributed by atoms with E-state index >= 15 is 0 Å². The largest absolute Gasteiger partial charge is 0.497 e. The summed E-state index contributed by atoms with van der Waals surface area (Å²) in [5.41, 5.74) is -1.36. The molecule has 0 bridgehead atoms. The molecule has 1 aliphatic carbocycles. The predicted molar refractivity (Wildman–Crippen MR) is 94.1 cm³/mol. The number of ether oxygens (including phenoxy) is 3. The van der Waals surface area contributed by atoms with Gasteiger partial charge in [-0.3, -0.25) is 9.59 Å². The number of carbonyl (C=O) groups is 3. The molecule has 1 N–H and O–H groups in total. The minimum absolute atomic E-state index is 0.0180. The van der Waals surface area contributed by atoms with Crippen molar-refractivity contribution in [1.29, 1.82) is 0 Å². The van der Waals surface area contributed by atoms with Crippen LogP contribution in [0.4, 0.5) is 4.79 Å². The third kappa shape index (κ3) is 4.62. The van der Waals surface area contributed by atoms with Crippen LogP contribution in [0, 0.1) is 5.41 Å². The molecule has 0 spiro atoms. The molecule has 1 fully saturated rings. The van der Waals surface area contributed by atoms with Gasteiger partial charge < -0.3 is 19.5 Å². The fourth-order valence-electron chi connectivity index (χ4n) is 2.85. The average Bonchev–Trinajstić information content (AvgIpc) is 2.66. The van der Waals surface area contributed by atoms with Crippen LogP contribution in [-0.2, 0) is 14.3 Å². The molecule has 0 heterocycles. The Labute approximate surface area is 152 Å². The normalized spacial score (nSPS) is 19.3. The molecule has 1 aliphatic rings. The second kappa shape index (κ2) is 9.03. The summed E-state index contributed by atoms with van der Waals surface area (Å²) >= 11 is 0. The Bertz CT molecular complexity index is 669. The summed E-state index contributed by atoms with van der Waals surface area (Å²) in [6.45, 7) is 3.35. The van der Waals surface area contributed by atoms with E-state index < -0.39 is 17.5 Å². The number of carbonyl (C=O) groups excluding carboxylic acids is 3. The van der Waals surface area contributed by atoms with Crippen LogP contribution in [0.2, 0.25) is 0 Å². The lowest BCUT2D eigenvalue weighted by Gasteiger charge is -2.33. The van der Waals surface area contributed by atoms with Crippen LogP contribution < -0.4 is 14.8 Å². The van der Waals surface area contributed by atoms with E-state index in [4.69, 9.17) is 14.2 Å². The minimum atomic E-state index is -1.36. The van der Waals surface area contributed by atoms with Crippen LogP contribution in [0.3, 0.4) is 0 Å². The van der Waals surface area contributed by atoms with E-state index in [1.54, 1.807) is 24.3 Å². The maximum absolute atomic E-state index is 12.4. The number of nitrogens with one attached hydrogen (secondary N) is 1. The smallest absolute Gasteiger partial charge is 0.412 e. The number of Topliss-reactive ketones (excluding diaryl/α,β-unsaturated/α-hetero) is 1. The molecule has 1 amide bonds. The van der Waals surface area contributed by atoms with E-state index in [0.717, 1.165) is 6.42 Å². The second-order valence-corrected chi connectivity index (χ2v) is 6.02. The van der Waals surface area contributed by atoms with Crippen LogP contribution in [0.1, 0.15) is 25.7 Å². The molecule has 0 aliphatic heterocycles. The van der Waals surface area contributed by atoms with Crippen molar-refractivity contribution >= 4 is 17.8 Å². The maximum Gasteiger partial charge on any atom is 0.412 e. The van der Waals surface area contributed by atoms with Gasteiger partial charge in [-0.25, -0.2) is 4.79 Å². The molecule has 0 radical (unpaired) electrons. The third-order valence-corrected chi connectivity index (χ3v) is 4.32. The third-order valence-electron chi connectivity index (χ3n) is 4.32. The summed E-state index contributed by atoms with van der Waals surface area (Å²) in [5, 5.41) is 2.52. The second-order valence-electron chi connectivity index (χ2n) is 6.02. The first-order chi connectivity index (χ1) is 12.5. The van der Waals surface area contributed by atoms with E-state index in [1.807, 2.05) is 0 Å². The zero-order valence-electron chi connectivity index (χ0n) is 14.8. The Morgan fingerprint density at radius 1 is 1.23 bits per heavy atom. The van der Waals surface area contributed by atoms with E-state index in [9.17, 15) is 14.4 Å². The molecule has 1 saturated carbocycles. The van der Waals surface area contributed by atoms with Gasteiger partial charge in [-0.05, 0) is 37.1 Å². The van der Waals surface area contributed by atoms with Crippen LogP contribution in [0.25, 0.3) is 0 Å². The van der Waals surface area contributed by atoms with Crippen LogP contribution in [0.15, 0.2) is 36.9 Å². The highest BCUT2D eigenvalue weighted by Gasteiger charge is 2.48. The molecule has 0 saturated heterocycles. The minimum Gasteiger partial charge on any atom is -0.497 e. The Morgan fingerprint density at radius 3 is 2.54 bits per heavy atom. The first-order valence-electron chi connectivity index (χ1n) is 8.43. The highest BCUT2D eigenvalue weighted by atomic mass is 16.6. The van der Waals surface area contributed by atoms with Gasteiger partial charge in [-0.1, -0.05) is 19.1 Å². The number of ketones is 1. The molecule has 1 aromatic rings. The Kier molecular flexibility index (Phi) is 6.77. The van der Waals surface area contributed by atoms with Crippen LogP contribution >= 0.6 is 0 Å². The van der Waals surface area contributed by atoms with E-state index in [2.05, 4.69) is 11.9 Å². The lowest BCUT2D eigenvalue weighted by molar-refractivity contribution is -0.161. The molecule has 2 rings (SSSR count). The average molecular weight is 361 g/mol. The van der Waals surface area contributed by atoms with E-state index in [0.29, 0.717) is 30.8 Å². The molecule has 7 heteroatoms. The summed E-state index contributed by atoms with van der Waals surface area (Å²) < 4.78 is 15.3. The first-order valence-corrected chi connectivity index (χ1v) is 8.43. The van der Waals surface area contributed by atoms with Crippen LogP contribution in [-0.4, -0.2) is 38.1 Å². The lowest BCUT2D eigenvalue weighted by atomic mass is 9.73. The van der Waals surface area contributed by atoms with Gasteiger partial charge in [0.25, 0.3) is 0 Å². The lowest BCUT2D eigenvalue weighted by Crippen LogP contribution is -2.51. The number of rotatable bonds is 7. The maximum atomic E-state index is 12.4. The van der Waals surface area contributed by atoms with Gasteiger partial charge >= 0.3 is 12.1 Å². The van der Waals surface area contributed by atoms with Crippen molar-refractivity contribution in [3.05, 3.63) is 36.9 Å². The van der Waals surface area contributed by atoms with Crippen molar-refractivity contribution in [3.8, 4) is 11.5 Å². The Balaban J connectivity index is 2.01. The van der Waals surface area contributed by atoms with E-state index in [-0.39, 0.29) is 18.9 Å². The molecular weight excluding hydrogens is 338 g/mol. The topological polar surface area (TPSA) is 90.9 Å². The Hall–Kier alpha value is -2.83. The quantitative estimate of drug-likeness (QED) is 0.456. The SMILES string of the molecule is C=CCOC(=O)C1(CNC(=O)Oc2ccc(OC)cc2)CCCCC1=O. The number of methoxy groups -OCH3 is 1. The Morgan fingerprint density at radius 2 is 1.92 bits per heavy atom. The highest BCUT2D eigenvalue weighted by Crippen LogP contribution is 2.34. The predicted octanol–water partition coefficient (Wildman–Crippen LogP) is 2.64. The zero-order chi connectivity index (χ0) is 19.0. The van der Waals surface area contributed by atoms with Crippen molar-refractivity contribution in [2.45, 2.75) is 25.7 Å². The van der Waals surface area contributed by atoms with Gasteiger partial charge in [-0.2, -0.15) is 0 Å². The summed E-state index contributed by atoms with van der Waals surface area (Å²) in [6, 6.07) is 6.47. The molecule has 1 aromatic carbocycles. The number of hydrogen-bond donors (Lipinski definition) is 1. The number of esters is 1. The van der Waals surface area contributed by atoms with Crippen molar-refractivity contribution in [1.82, 2.24) is 5.32 Å². The van der Waals surface area contributed by atoms with Gasteiger partial charge in [0.1, 0.15) is 23.5 Å². The molecule has 1 atom stereocenters. The molecule has 140 valence electrons. The van der Waals surface area contributed by atoms with Crippen molar-refractivity contribution in [3.63, 3.8) is 0 Å². The van der Waals surface area contributed by atoms with Gasteiger partial charge in [0.05, 0.1) is 7.11 Å². The fraction of sp³-hybridized carbons (Fsp3) is 0.421. The molecule has 0 aromatic heterocycles. The van der Waals surface area contributed by atoms with Crippen molar-refractivity contribution in [2.75, 3.05) is 20.3 Å². The summed E-state index contributed by atoms with van der Waals surface area (Å²) in [4.78, 5) is 36.9. The van der Waals surface area contributed by atoms with Gasteiger partial charge in [0, 0.05) is 13.0 Å². The molecule has 1 unspecified atom stereocenters. The first kappa shape index (κ1) is 19.5. The molecular formula is C19H23NO6. The van der Waals surface area contributed by atoms with Crippen LogP contribution in [0.5, 0.6) is 11.5 Å². The van der Waals surface area contributed by atoms with Crippen molar-refractivity contribution in [2.24, 2.45) is 5.41 Å². The van der Waals surface area contributed by atoms with Gasteiger partial charge in [0.15, 0.2) is 5.78 Å².